The Morgan fingerprint density at radius 2 is 2.38 bits per heavy atom. The number of rotatable bonds is 7. The lowest BCUT2D eigenvalue weighted by Crippen LogP contribution is -2.26. The molecule has 3 rings (SSSR count). The average Bonchev–Trinajstić information content (AvgIpc) is 3.28. The Morgan fingerprint density at radius 1 is 1.50 bits per heavy atom. The lowest BCUT2D eigenvalue weighted by Gasteiger charge is -2.00. The van der Waals surface area contributed by atoms with Crippen LogP contribution in [0.3, 0.4) is 0 Å². The Morgan fingerprint density at radius 3 is 3.12 bits per heavy atom. The van der Waals surface area contributed by atoms with Crippen molar-refractivity contribution in [1.29, 1.82) is 0 Å². The van der Waals surface area contributed by atoms with E-state index >= 15 is 0 Å². The number of methoxy groups -OCH3 is 1. The molecule has 0 bridgehead atoms. The van der Waals surface area contributed by atoms with Crippen molar-refractivity contribution in [3.05, 3.63) is 41.8 Å². The van der Waals surface area contributed by atoms with E-state index in [9.17, 15) is 4.79 Å². The Hall–Kier alpha value is -2.94. The molecule has 0 unspecified atom stereocenters. The summed E-state index contributed by atoms with van der Waals surface area (Å²) in [6.07, 6.45) is 2.37. The van der Waals surface area contributed by atoms with Gasteiger partial charge in [0, 0.05) is 33.3 Å². The lowest BCUT2D eigenvalue weighted by molar-refractivity contribution is 0.0948. The molecule has 0 spiro atoms. The number of hydrogen-bond donors (Lipinski definition) is 2. The zero-order chi connectivity index (χ0) is 16.9. The van der Waals surface area contributed by atoms with E-state index in [4.69, 9.17) is 9.26 Å². The van der Waals surface area contributed by atoms with E-state index in [1.54, 1.807) is 13.2 Å². The fourth-order valence-electron chi connectivity index (χ4n) is 2.25. The summed E-state index contributed by atoms with van der Waals surface area (Å²) in [5.41, 5.74) is 2.05. The number of aromatic nitrogens is 5. The molecule has 3 aromatic heterocycles. The summed E-state index contributed by atoms with van der Waals surface area (Å²) in [7, 11) is 3.48. The molecule has 3 heterocycles. The minimum Gasteiger partial charge on any atom is -0.377 e. The zero-order valence-electron chi connectivity index (χ0n) is 13.4. The Kier molecular flexibility index (Phi) is 4.71. The van der Waals surface area contributed by atoms with E-state index < -0.39 is 0 Å². The fourth-order valence-corrected chi connectivity index (χ4v) is 2.25. The number of aromatic amines is 1. The average molecular weight is 330 g/mol. The van der Waals surface area contributed by atoms with E-state index in [0.717, 1.165) is 5.69 Å². The van der Waals surface area contributed by atoms with Crippen LogP contribution in [0.15, 0.2) is 28.9 Å². The van der Waals surface area contributed by atoms with Gasteiger partial charge >= 0.3 is 0 Å². The van der Waals surface area contributed by atoms with Crippen LogP contribution in [0, 0.1) is 0 Å². The summed E-state index contributed by atoms with van der Waals surface area (Å²) in [4.78, 5) is 16.3. The second kappa shape index (κ2) is 7.09. The molecule has 9 heteroatoms. The molecule has 0 atom stereocenters. The minimum absolute atomic E-state index is 0.236. The third kappa shape index (κ3) is 3.51. The maximum Gasteiger partial charge on any atom is 0.269 e. The molecular weight excluding hydrogens is 312 g/mol. The molecular formula is C15H18N6O3. The third-order valence-electron chi connectivity index (χ3n) is 3.44. The van der Waals surface area contributed by atoms with Crippen molar-refractivity contribution in [1.82, 2.24) is 30.2 Å². The highest BCUT2D eigenvalue weighted by molar-refractivity contribution is 5.93. The van der Waals surface area contributed by atoms with E-state index in [-0.39, 0.29) is 5.91 Å². The summed E-state index contributed by atoms with van der Waals surface area (Å²) < 4.78 is 11.9. The van der Waals surface area contributed by atoms with Crippen LogP contribution in [-0.4, -0.2) is 44.5 Å². The van der Waals surface area contributed by atoms with Gasteiger partial charge in [-0.1, -0.05) is 5.16 Å². The van der Waals surface area contributed by atoms with Crippen LogP contribution in [-0.2, 0) is 24.8 Å². The van der Waals surface area contributed by atoms with Gasteiger partial charge in [0.15, 0.2) is 5.82 Å². The number of hydrogen-bond acceptors (Lipinski definition) is 6. The smallest absolute Gasteiger partial charge is 0.269 e. The molecule has 0 fully saturated rings. The summed E-state index contributed by atoms with van der Waals surface area (Å²) >= 11 is 0. The van der Waals surface area contributed by atoms with Crippen LogP contribution in [0.5, 0.6) is 0 Å². The maximum absolute atomic E-state index is 12.1. The molecule has 1 amide bonds. The number of nitrogens with zero attached hydrogens (tertiary/aromatic N) is 4. The molecule has 24 heavy (non-hydrogen) atoms. The van der Waals surface area contributed by atoms with Gasteiger partial charge < -0.3 is 19.1 Å². The van der Waals surface area contributed by atoms with E-state index in [0.29, 0.717) is 42.7 Å². The summed E-state index contributed by atoms with van der Waals surface area (Å²) in [6.45, 7) is 0.678. The monoisotopic (exact) mass is 330 g/mol. The highest BCUT2D eigenvalue weighted by Gasteiger charge is 2.13. The molecule has 0 aromatic carbocycles. The van der Waals surface area contributed by atoms with Crippen LogP contribution in [0.25, 0.3) is 11.4 Å². The van der Waals surface area contributed by atoms with Gasteiger partial charge in [0.2, 0.25) is 5.89 Å². The van der Waals surface area contributed by atoms with Gasteiger partial charge in [0.25, 0.3) is 5.91 Å². The van der Waals surface area contributed by atoms with E-state index in [1.165, 1.54) is 0 Å². The first-order chi connectivity index (χ1) is 11.7. The van der Waals surface area contributed by atoms with Gasteiger partial charge in [-0.25, -0.2) is 0 Å². The molecule has 0 aliphatic rings. The third-order valence-corrected chi connectivity index (χ3v) is 3.44. The first-order valence-corrected chi connectivity index (χ1v) is 7.43. The minimum atomic E-state index is -0.236. The second-order valence-electron chi connectivity index (χ2n) is 5.21. The number of amides is 1. The predicted molar refractivity (Wildman–Crippen MR) is 84.0 cm³/mol. The molecule has 0 aliphatic carbocycles. The largest absolute Gasteiger partial charge is 0.377 e. The number of aryl methyl sites for hydroxylation is 1. The van der Waals surface area contributed by atoms with Gasteiger partial charge in [0.05, 0.1) is 5.69 Å². The van der Waals surface area contributed by atoms with Gasteiger partial charge in [-0.15, -0.1) is 0 Å². The standard InChI is InChI=1S/C15H18N6O3/c1-21-7-3-4-12(21)10-8-11(19-18-10)15(22)16-6-5-14-17-13(9-23-2)20-24-14/h3-4,7-8H,5-6,9H2,1-2H3,(H,16,22)(H,18,19). The quantitative estimate of drug-likeness (QED) is 0.666. The van der Waals surface area contributed by atoms with Crippen molar-refractivity contribution in [2.75, 3.05) is 13.7 Å². The molecule has 3 aromatic rings. The number of carbonyl (C=O) groups excluding carboxylic acids is 1. The lowest BCUT2D eigenvalue weighted by atomic mass is 10.2. The van der Waals surface area contributed by atoms with Crippen LogP contribution < -0.4 is 5.32 Å². The number of carbonyl (C=O) groups is 1. The Bertz CT molecular complexity index is 819. The molecule has 9 nitrogen and oxygen atoms in total. The normalized spacial score (nSPS) is 10.9. The topological polar surface area (TPSA) is 111 Å². The molecule has 2 N–H and O–H groups in total. The molecule has 0 aliphatic heterocycles. The van der Waals surface area contributed by atoms with E-state index in [1.807, 2.05) is 29.9 Å². The van der Waals surface area contributed by atoms with Gasteiger partial charge in [0.1, 0.15) is 18.0 Å². The van der Waals surface area contributed by atoms with Gasteiger partial charge in [-0.2, -0.15) is 10.1 Å². The van der Waals surface area contributed by atoms with Crippen molar-refractivity contribution < 1.29 is 14.1 Å². The van der Waals surface area contributed by atoms with Crippen molar-refractivity contribution in [2.45, 2.75) is 13.0 Å². The summed E-state index contributed by atoms with van der Waals surface area (Å²) in [5.74, 6) is 0.704. The van der Waals surface area contributed by atoms with Crippen molar-refractivity contribution >= 4 is 5.91 Å². The number of H-pyrrole nitrogens is 1. The van der Waals surface area contributed by atoms with Gasteiger partial charge in [-0.3, -0.25) is 9.89 Å². The Labute approximate surface area is 138 Å². The first kappa shape index (κ1) is 15.9. The zero-order valence-corrected chi connectivity index (χ0v) is 13.4. The SMILES string of the molecule is COCc1noc(CCNC(=O)c2cc(-c3cccn3C)n[nH]2)n1. The molecule has 0 saturated heterocycles. The van der Waals surface area contributed by atoms with Crippen molar-refractivity contribution in [3.8, 4) is 11.4 Å². The number of nitrogens with one attached hydrogen (secondary N) is 2. The highest BCUT2D eigenvalue weighted by Crippen LogP contribution is 2.17. The summed E-state index contributed by atoms with van der Waals surface area (Å²) in [5, 5.41) is 13.5. The first-order valence-electron chi connectivity index (χ1n) is 7.43. The fraction of sp³-hybridized carbons (Fsp3) is 0.333. The van der Waals surface area contributed by atoms with Gasteiger partial charge in [-0.05, 0) is 18.2 Å². The van der Waals surface area contributed by atoms with Crippen molar-refractivity contribution in [3.63, 3.8) is 0 Å². The highest BCUT2D eigenvalue weighted by atomic mass is 16.5. The van der Waals surface area contributed by atoms with Crippen LogP contribution in [0.2, 0.25) is 0 Å². The number of ether oxygens (including phenoxy) is 1. The summed E-state index contributed by atoms with van der Waals surface area (Å²) in [6, 6.07) is 5.57. The van der Waals surface area contributed by atoms with Crippen molar-refractivity contribution in [2.24, 2.45) is 7.05 Å². The molecule has 0 radical (unpaired) electrons. The van der Waals surface area contributed by atoms with E-state index in [2.05, 4.69) is 25.7 Å². The van der Waals surface area contributed by atoms with Crippen LogP contribution in [0.4, 0.5) is 0 Å². The molecule has 0 saturated carbocycles. The molecule has 126 valence electrons. The van der Waals surface area contributed by atoms with Crippen LogP contribution in [0.1, 0.15) is 22.2 Å². The maximum atomic E-state index is 12.1. The van der Waals surface area contributed by atoms with Crippen LogP contribution >= 0.6 is 0 Å². The predicted octanol–water partition coefficient (Wildman–Crippen LogP) is 0.917. The Balaban J connectivity index is 1.53. The second-order valence-corrected chi connectivity index (χ2v) is 5.21.